The van der Waals surface area contributed by atoms with Crippen LogP contribution in [-0.2, 0) is 0 Å². The lowest BCUT2D eigenvalue weighted by atomic mass is 10.1. The number of nitrogens with two attached hydrogens (primary N) is 1. The van der Waals surface area contributed by atoms with E-state index in [9.17, 15) is 4.79 Å². The van der Waals surface area contributed by atoms with Crippen LogP contribution in [0.2, 0.25) is 0 Å². The van der Waals surface area contributed by atoms with Crippen LogP contribution in [0.5, 0.6) is 0 Å². The fourth-order valence-electron chi connectivity index (χ4n) is 1.77. The number of nitrogen functional groups attached to an aromatic ring is 1. The van der Waals surface area contributed by atoms with Gasteiger partial charge in [0.1, 0.15) is 5.82 Å². The number of hydrogen-bond acceptors (Lipinski definition) is 3. The van der Waals surface area contributed by atoms with E-state index in [1.54, 1.807) is 25.4 Å². The molecule has 0 fully saturated rings. The van der Waals surface area contributed by atoms with E-state index in [0.717, 1.165) is 5.56 Å². The molecule has 0 spiro atoms. The van der Waals surface area contributed by atoms with Gasteiger partial charge in [-0.15, -0.1) is 0 Å². The van der Waals surface area contributed by atoms with E-state index < -0.39 is 0 Å². The number of hydrogen-bond donors (Lipinski definition) is 1. The number of benzene rings is 1. The van der Waals surface area contributed by atoms with Crippen LogP contribution in [0.25, 0.3) is 0 Å². The Labute approximate surface area is 112 Å². The first-order chi connectivity index (χ1) is 8.99. The van der Waals surface area contributed by atoms with E-state index in [1.165, 1.54) is 10.5 Å². The van der Waals surface area contributed by atoms with E-state index in [-0.39, 0.29) is 5.91 Å². The third-order valence-electron chi connectivity index (χ3n) is 3.17. The fraction of sp³-hybridized carbons (Fsp3) is 0.200. The van der Waals surface area contributed by atoms with E-state index in [1.807, 2.05) is 32.0 Å². The number of nitrogens with zero attached hydrogens (tertiary/aromatic N) is 2. The third kappa shape index (κ3) is 2.73. The molecule has 0 aliphatic carbocycles. The van der Waals surface area contributed by atoms with Gasteiger partial charge in [-0.25, -0.2) is 4.98 Å². The molecule has 98 valence electrons. The predicted molar refractivity (Wildman–Crippen MR) is 77.3 cm³/mol. The summed E-state index contributed by atoms with van der Waals surface area (Å²) in [6, 6.07) is 9.14. The van der Waals surface area contributed by atoms with Gasteiger partial charge in [-0.2, -0.15) is 0 Å². The van der Waals surface area contributed by atoms with Crippen molar-refractivity contribution in [1.82, 2.24) is 4.98 Å². The van der Waals surface area contributed by atoms with Crippen LogP contribution in [-0.4, -0.2) is 17.9 Å². The lowest BCUT2D eigenvalue weighted by Crippen LogP contribution is -2.27. The molecule has 1 amide bonds. The minimum absolute atomic E-state index is 0.0830. The van der Waals surface area contributed by atoms with Crippen molar-refractivity contribution in [2.75, 3.05) is 17.7 Å². The summed E-state index contributed by atoms with van der Waals surface area (Å²) in [7, 11) is 1.70. The molecule has 4 heteroatoms. The second-order valence-corrected chi connectivity index (χ2v) is 4.61. The van der Waals surface area contributed by atoms with Gasteiger partial charge < -0.3 is 5.73 Å². The summed E-state index contributed by atoms with van der Waals surface area (Å²) in [6.07, 6.45) is 1.54. The highest BCUT2D eigenvalue weighted by atomic mass is 16.2. The van der Waals surface area contributed by atoms with Crippen LogP contribution in [0.4, 0.5) is 11.5 Å². The molecule has 0 saturated heterocycles. The molecule has 4 nitrogen and oxygen atoms in total. The first-order valence-corrected chi connectivity index (χ1v) is 6.06. The van der Waals surface area contributed by atoms with E-state index >= 15 is 0 Å². The molecule has 0 bridgehead atoms. The minimum Gasteiger partial charge on any atom is -0.397 e. The van der Waals surface area contributed by atoms with Crippen molar-refractivity contribution < 1.29 is 4.79 Å². The highest BCUT2D eigenvalue weighted by Gasteiger charge is 2.14. The van der Waals surface area contributed by atoms with Crippen molar-refractivity contribution in [2.45, 2.75) is 13.8 Å². The average molecular weight is 255 g/mol. The van der Waals surface area contributed by atoms with Crippen molar-refractivity contribution in [1.29, 1.82) is 0 Å². The number of anilines is 2. The SMILES string of the molecule is Cc1ccc(C(=O)N(C)c2ccc(N)cn2)cc1C. The van der Waals surface area contributed by atoms with Crippen molar-refractivity contribution in [3.63, 3.8) is 0 Å². The summed E-state index contributed by atoms with van der Waals surface area (Å²) in [5.41, 5.74) is 9.09. The molecule has 1 heterocycles. The summed E-state index contributed by atoms with van der Waals surface area (Å²) in [4.78, 5) is 18.0. The Bertz CT molecular complexity index is 605. The maximum Gasteiger partial charge on any atom is 0.259 e. The maximum absolute atomic E-state index is 12.3. The normalized spacial score (nSPS) is 10.3. The van der Waals surface area contributed by atoms with Gasteiger partial charge >= 0.3 is 0 Å². The molecule has 2 aromatic rings. The Kier molecular flexibility index (Phi) is 3.51. The van der Waals surface area contributed by atoms with Gasteiger partial charge in [0, 0.05) is 12.6 Å². The topological polar surface area (TPSA) is 59.2 Å². The lowest BCUT2D eigenvalue weighted by Gasteiger charge is -2.17. The average Bonchev–Trinajstić information content (AvgIpc) is 2.41. The van der Waals surface area contributed by atoms with Gasteiger partial charge in [0.25, 0.3) is 5.91 Å². The predicted octanol–water partition coefficient (Wildman–Crippen LogP) is 2.56. The molecular formula is C15H17N3O. The summed E-state index contributed by atoms with van der Waals surface area (Å²) < 4.78 is 0. The van der Waals surface area contributed by atoms with Crippen molar-refractivity contribution in [2.24, 2.45) is 0 Å². The Morgan fingerprint density at radius 1 is 1.16 bits per heavy atom. The molecule has 0 saturated carbocycles. The van der Waals surface area contributed by atoms with Gasteiger partial charge in [-0.3, -0.25) is 9.69 Å². The largest absolute Gasteiger partial charge is 0.397 e. The second kappa shape index (κ2) is 5.10. The van der Waals surface area contributed by atoms with Crippen LogP contribution in [0.15, 0.2) is 36.5 Å². The molecule has 0 aliphatic heterocycles. The summed E-state index contributed by atoms with van der Waals surface area (Å²) in [6.45, 7) is 4.02. The van der Waals surface area contributed by atoms with Gasteiger partial charge in [-0.05, 0) is 49.2 Å². The molecule has 1 aromatic carbocycles. The monoisotopic (exact) mass is 255 g/mol. The van der Waals surface area contributed by atoms with Crippen LogP contribution in [0.1, 0.15) is 21.5 Å². The fourth-order valence-corrected chi connectivity index (χ4v) is 1.77. The number of aryl methyl sites for hydroxylation is 2. The van der Waals surface area contributed by atoms with E-state index in [2.05, 4.69) is 4.98 Å². The first-order valence-electron chi connectivity index (χ1n) is 6.06. The van der Waals surface area contributed by atoms with E-state index in [0.29, 0.717) is 17.1 Å². The van der Waals surface area contributed by atoms with Gasteiger partial charge in [0.2, 0.25) is 0 Å². The van der Waals surface area contributed by atoms with Gasteiger partial charge in [0.05, 0.1) is 11.9 Å². The van der Waals surface area contributed by atoms with Crippen molar-refractivity contribution in [3.05, 3.63) is 53.2 Å². The standard InChI is InChI=1S/C15H17N3O/c1-10-4-5-12(8-11(10)2)15(19)18(3)14-7-6-13(16)9-17-14/h4-9H,16H2,1-3H3. The molecule has 2 N–H and O–H groups in total. The smallest absolute Gasteiger partial charge is 0.259 e. The van der Waals surface area contributed by atoms with Crippen molar-refractivity contribution in [3.8, 4) is 0 Å². The highest BCUT2D eigenvalue weighted by Crippen LogP contribution is 2.16. The third-order valence-corrected chi connectivity index (χ3v) is 3.17. The number of amides is 1. The number of carbonyl (C=O) groups excluding carboxylic acids is 1. The molecule has 19 heavy (non-hydrogen) atoms. The molecule has 0 unspecified atom stereocenters. The van der Waals surface area contributed by atoms with E-state index in [4.69, 9.17) is 5.73 Å². The van der Waals surface area contributed by atoms with Crippen LogP contribution in [0, 0.1) is 13.8 Å². The second-order valence-electron chi connectivity index (χ2n) is 4.61. The molecule has 0 atom stereocenters. The summed E-state index contributed by atoms with van der Waals surface area (Å²) >= 11 is 0. The Morgan fingerprint density at radius 2 is 1.89 bits per heavy atom. The van der Waals surface area contributed by atoms with Crippen LogP contribution in [0.3, 0.4) is 0 Å². The van der Waals surface area contributed by atoms with Crippen LogP contribution < -0.4 is 10.6 Å². The number of carbonyl (C=O) groups is 1. The number of rotatable bonds is 2. The van der Waals surface area contributed by atoms with Gasteiger partial charge in [-0.1, -0.05) is 6.07 Å². The lowest BCUT2D eigenvalue weighted by molar-refractivity contribution is 0.0992. The zero-order valence-corrected chi connectivity index (χ0v) is 11.3. The molecule has 1 aromatic heterocycles. The van der Waals surface area contributed by atoms with Crippen molar-refractivity contribution >= 4 is 17.4 Å². The Morgan fingerprint density at radius 3 is 2.47 bits per heavy atom. The summed E-state index contributed by atoms with van der Waals surface area (Å²) in [5.74, 6) is 0.498. The highest BCUT2D eigenvalue weighted by molar-refractivity contribution is 6.05. The number of pyridine rings is 1. The molecule has 0 radical (unpaired) electrons. The zero-order valence-electron chi connectivity index (χ0n) is 11.3. The zero-order chi connectivity index (χ0) is 14.0. The number of aromatic nitrogens is 1. The Hall–Kier alpha value is -2.36. The minimum atomic E-state index is -0.0830. The maximum atomic E-state index is 12.3. The van der Waals surface area contributed by atoms with Crippen LogP contribution >= 0.6 is 0 Å². The van der Waals surface area contributed by atoms with Gasteiger partial charge in [0.15, 0.2) is 0 Å². The molecule has 2 rings (SSSR count). The molecule has 0 aliphatic rings. The quantitative estimate of drug-likeness (QED) is 0.897. The molecular weight excluding hydrogens is 238 g/mol. The summed E-state index contributed by atoms with van der Waals surface area (Å²) in [5, 5.41) is 0. The Balaban J connectivity index is 2.28. The first kappa shape index (κ1) is 13.1.